The van der Waals surface area contributed by atoms with Crippen LogP contribution in [0.2, 0.25) is 0 Å². The van der Waals surface area contributed by atoms with Crippen LogP contribution in [0.5, 0.6) is 0 Å². The van der Waals surface area contributed by atoms with E-state index < -0.39 is 0 Å². The van der Waals surface area contributed by atoms with Gasteiger partial charge in [0.15, 0.2) is 0 Å². The van der Waals surface area contributed by atoms with Gasteiger partial charge in [-0.1, -0.05) is 0 Å². The summed E-state index contributed by atoms with van der Waals surface area (Å²) < 4.78 is 1.96. The van der Waals surface area contributed by atoms with Crippen LogP contribution in [-0.2, 0) is 13.0 Å². The van der Waals surface area contributed by atoms with Gasteiger partial charge in [-0.2, -0.15) is 5.10 Å². The van der Waals surface area contributed by atoms with Gasteiger partial charge in [0.2, 0.25) is 0 Å². The van der Waals surface area contributed by atoms with Gasteiger partial charge in [0.05, 0.1) is 6.20 Å². The normalized spacial score (nSPS) is 12.6. The van der Waals surface area contributed by atoms with E-state index in [0.29, 0.717) is 6.04 Å². The third-order valence-corrected chi connectivity index (χ3v) is 3.24. The van der Waals surface area contributed by atoms with E-state index in [9.17, 15) is 0 Å². The maximum Gasteiger partial charge on any atom is 0.0522 e. The number of aromatic nitrogens is 3. The maximum absolute atomic E-state index is 4.31. The van der Waals surface area contributed by atoms with Crippen LogP contribution < -0.4 is 5.32 Å². The lowest BCUT2D eigenvalue weighted by molar-refractivity contribution is 0.587. The lowest BCUT2D eigenvalue weighted by atomic mass is 9.98. The Hall–Kier alpha value is -1.68. The third-order valence-electron chi connectivity index (χ3n) is 3.24. The second kappa shape index (κ2) is 5.78. The SMILES string of the molecule is CCn1cc(CC(NC)c2ccncc2C)cn1. The number of nitrogens with one attached hydrogen (secondary N) is 1. The van der Waals surface area contributed by atoms with Gasteiger partial charge in [-0.05, 0) is 50.1 Å². The molecule has 0 aliphatic rings. The van der Waals surface area contributed by atoms with E-state index >= 15 is 0 Å². The van der Waals surface area contributed by atoms with Gasteiger partial charge in [0, 0.05) is 31.2 Å². The zero-order valence-corrected chi connectivity index (χ0v) is 11.2. The molecule has 4 heteroatoms. The molecule has 1 N–H and O–H groups in total. The molecular formula is C14H20N4. The minimum absolute atomic E-state index is 0.308. The van der Waals surface area contributed by atoms with Gasteiger partial charge < -0.3 is 5.32 Å². The van der Waals surface area contributed by atoms with Crippen LogP contribution in [0.3, 0.4) is 0 Å². The first-order chi connectivity index (χ1) is 8.74. The van der Waals surface area contributed by atoms with Crippen molar-refractivity contribution in [2.24, 2.45) is 0 Å². The zero-order chi connectivity index (χ0) is 13.0. The predicted molar refractivity (Wildman–Crippen MR) is 72.4 cm³/mol. The Kier molecular flexibility index (Phi) is 4.10. The predicted octanol–water partition coefficient (Wildman–Crippen LogP) is 2.11. The van der Waals surface area contributed by atoms with E-state index in [1.54, 1.807) is 0 Å². The summed E-state index contributed by atoms with van der Waals surface area (Å²) in [5.74, 6) is 0. The summed E-state index contributed by atoms with van der Waals surface area (Å²) >= 11 is 0. The Balaban J connectivity index is 2.17. The molecule has 2 aromatic rings. The van der Waals surface area contributed by atoms with Crippen molar-refractivity contribution < 1.29 is 0 Å². The summed E-state index contributed by atoms with van der Waals surface area (Å²) in [5.41, 5.74) is 3.78. The molecule has 0 radical (unpaired) electrons. The summed E-state index contributed by atoms with van der Waals surface area (Å²) in [6.07, 6.45) is 8.77. The molecule has 0 amide bonds. The van der Waals surface area contributed by atoms with Gasteiger partial charge in [-0.25, -0.2) is 0 Å². The highest BCUT2D eigenvalue weighted by Crippen LogP contribution is 2.20. The molecule has 0 bridgehead atoms. The van der Waals surface area contributed by atoms with E-state index in [1.165, 1.54) is 16.7 Å². The summed E-state index contributed by atoms with van der Waals surface area (Å²) in [4.78, 5) is 4.14. The first kappa shape index (κ1) is 12.8. The van der Waals surface area contributed by atoms with E-state index in [0.717, 1.165) is 13.0 Å². The molecule has 1 unspecified atom stereocenters. The molecule has 18 heavy (non-hydrogen) atoms. The fourth-order valence-electron chi connectivity index (χ4n) is 2.16. The Morgan fingerprint density at radius 2 is 2.22 bits per heavy atom. The lowest BCUT2D eigenvalue weighted by Gasteiger charge is -2.17. The molecule has 0 spiro atoms. The molecule has 2 rings (SSSR count). The quantitative estimate of drug-likeness (QED) is 0.876. The Labute approximate surface area is 108 Å². The maximum atomic E-state index is 4.31. The fourth-order valence-corrected chi connectivity index (χ4v) is 2.16. The molecule has 4 nitrogen and oxygen atoms in total. The molecule has 0 fully saturated rings. The van der Waals surface area contributed by atoms with Crippen LogP contribution in [0.15, 0.2) is 30.9 Å². The second-order valence-electron chi connectivity index (χ2n) is 4.48. The molecule has 1 atom stereocenters. The minimum atomic E-state index is 0.308. The van der Waals surface area contributed by atoms with Crippen LogP contribution in [0, 0.1) is 6.92 Å². The van der Waals surface area contributed by atoms with Crippen molar-refractivity contribution in [1.29, 1.82) is 0 Å². The van der Waals surface area contributed by atoms with Crippen LogP contribution in [0.4, 0.5) is 0 Å². The van der Waals surface area contributed by atoms with Crippen molar-refractivity contribution >= 4 is 0 Å². The van der Waals surface area contributed by atoms with Crippen molar-refractivity contribution in [3.63, 3.8) is 0 Å². The van der Waals surface area contributed by atoms with Gasteiger partial charge in [-0.15, -0.1) is 0 Å². The van der Waals surface area contributed by atoms with Gasteiger partial charge in [0.1, 0.15) is 0 Å². The summed E-state index contributed by atoms with van der Waals surface area (Å²) in [7, 11) is 1.99. The van der Waals surface area contributed by atoms with Crippen molar-refractivity contribution in [3.8, 4) is 0 Å². The van der Waals surface area contributed by atoms with Gasteiger partial charge >= 0.3 is 0 Å². The van der Waals surface area contributed by atoms with E-state index in [1.807, 2.05) is 30.3 Å². The number of aryl methyl sites for hydroxylation is 2. The average molecular weight is 244 g/mol. The Bertz CT molecular complexity index is 504. The molecule has 2 aromatic heterocycles. The van der Waals surface area contributed by atoms with E-state index in [-0.39, 0.29) is 0 Å². The Morgan fingerprint density at radius 3 is 2.83 bits per heavy atom. The van der Waals surface area contributed by atoms with Crippen LogP contribution in [0.25, 0.3) is 0 Å². The van der Waals surface area contributed by atoms with E-state index in [2.05, 4.69) is 41.5 Å². The number of likely N-dealkylation sites (N-methyl/N-ethyl adjacent to an activating group) is 1. The first-order valence-corrected chi connectivity index (χ1v) is 6.33. The molecule has 0 aliphatic heterocycles. The molecular weight excluding hydrogens is 224 g/mol. The fraction of sp³-hybridized carbons (Fsp3) is 0.429. The topological polar surface area (TPSA) is 42.7 Å². The van der Waals surface area contributed by atoms with Crippen molar-refractivity contribution in [2.45, 2.75) is 32.9 Å². The third kappa shape index (κ3) is 2.76. The highest BCUT2D eigenvalue weighted by atomic mass is 15.3. The number of nitrogens with zero attached hydrogens (tertiary/aromatic N) is 3. The lowest BCUT2D eigenvalue weighted by Crippen LogP contribution is -2.19. The summed E-state index contributed by atoms with van der Waals surface area (Å²) in [5, 5.41) is 7.68. The van der Waals surface area contributed by atoms with E-state index in [4.69, 9.17) is 0 Å². The summed E-state index contributed by atoms with van der Waals surface area (Å²) in [6.45, 7) is 5.11. The monoisotopic (exact) mass is 244 g/mol. The minimum Gasteiger partial charge on any atom is -0.313 e. The number of pyridine rings is 1. The second-order valence-corrected chi connectivity index (χ2v) is 4.48. The highest BCUT2D eigenvalue weighted by molar-refractivity contribution is 5.27. The van der Waals surface area contributed by atoms with Gasteiger partial charge in [0.25, 0.3) is 0 Å². The van der Waals surface area contributed by atoms with Crippen LogP contribution >= 0.6 is 0 Å². The first-order valence-electron chi connectivity index (χ1n) is 6.33. The standard InChI is InChI=1S/C14H20N4/c1-4-18-10-12(9-17-18)7-14(15-3)13-5-6-16-8-11(13)2/h5-6,8-10,14-15H,4,7H2,1-3H3. The smallest absolute Gasteiger partial charge is 0.0522 e. The molecule has 0 aromatic carbocycles. The molecule has 96 valence electrons. The van der Waals surface area contributed by atoms with Crippen LogP contribution in [-0.4, -0.2) is 21.8 Å². The summed E-state index contributed by atoms with van der Waals surface area (Å²) in [6, 6.07) is 2.39. The van der Waals surface area contributed by atoms with Crippen molar-refractivity contribution in [2.75, 3.05) is 7.05 Å². The number of hydrogen-bond acceptors (Lipinski definition) is 3. The Morgan fingerprint density at radius 1 is 1.39 bits per heavy atom. The number of rotatable bonds is 5. The van der Waals surface area contributed by atoms with Crippen molar-refractivity contribution in [1.82, 2.24) is 20.1 Å². The molecule has 0 saturated carbocycles. The molecule has 2 heterocycles. The highest BCUT2D eigenvalue weighted by Gasteiger charge is 2.13. The zero-order valence-electron chi connectivity index (χ0n) is 11.2. The average Bonchev–Trinajstić information content (AvgIpc) is 2.85. The molecule has 0 saturated heterocycles. The largest absolute Gasteiger partial charge is 0.313 e. The van der Waals surface area contributed by atoms with Crippen molar-refractivity contribution in [3.05, 3.63) is 47.5 Å². The van der Waals surface area contributed by atoms with Gasteiger partial charge in [-0.3, -0.25) is 9.67 Å². The molecule has 0 aliphatic carbocycles. The number of hydrogen-bond donors (Lipinski definition) is 1. The van der Waals surface area contributed by atoms with Crippen LogP contribution in [0.1, 0.15) is 29.7 Å².